The molecule has 0 spiro atoms. The van der Waals surface area contributed by atoms with Crippen LogP contribution in [0.5, 0.6) is 0 Å². The lowest BCUT2D eigenvalue weighted by atomic mass is 9.94. The molecule has 0 aromatic rings. The van der Waals surface area contributed by atoms with Gasteiger partial charge in [-0.15, -0.1) is 0 Å². The third kappa shape index (κ3) is 2.44. The summed E-state index contributed by atoms with van der Waals surface area (Å²) < 4.78 is 5.49. The highest BCUT2D eigenvalue weighted by molar-refractivity contribution is 8.00. The van der Waals surface area contributed by atoms with Crippen LogP contribution in [0.15, 0.2) is 0 Å². The minimum absolute atomic E-state index is 0.704. The van der Waals surface area contributed by atoms with E-state index < -0.39 is 0 Å². The van der Waals surface area contributed by atoms with Gasteiger partial charge in [-0.1, -0.05) is 6.92 Å². The maximum Gasteiger partial charge on any atom is 0.0510 e. The summed E-state index contributed by atoms with van der Waals surface area (Å²) in [5.74, 6) is 2.13. The largest absolute Gasteiger partial charge is 0.381 e. The van der Waals surface area contributed by atoms with Gasteiger partial charge in [0.25, 0.3) is 0 Å². The van der Waals surface area contributed by atoms with Gasteiger partial charge in [0.05, 0.1) is 6.61 Å². The van der Waals surface area contributed by atoms with E-state index in [9.17, 15) is 0 Å². The first-order chi connectivity index (χ1) is 6.92. The van der Waals surface area contributed by atoms with Crippen molar-refractivity contribution in [1.29, 1.82) is 0 Å². The molecule has 0 amide bonds. The van der Waals surface area contributed by atoms with Crippen LogP contribution >= 0.6 is 11.8 Å². The summed E-state index contributed by atoms with van der Waals surface area (Å²) in [6.45, 7) is 5.26. The van der Waals surface area contributed by atoms with E-state index in [0.717, 1.165) is 30.9 Å². The Morgan fingerprint density at radius 1 is 1.50 bits per heavy atom. The molecule has 2 aliphatic rings. The third-order valence-electron chi connectivity index (χ3n) is 3.28. The SMILES string of the molecule is CCNC(C1CCOC1)C1CCCS1. The smallest absolute Gasteiger partial charge is 0.0510 e. The van der Waals surface area contributed by atoms with Crippen LogP contribution in [-0.4, -0.2) is 36.8 Å². The van der Waals surface area contributed by atoms with Crippen LogP contribution in [0.25, 0.3) is 0 Å². The highest BCUT2D eigenvalue weighted by Gasteiger charge is 2.33. The maximum absolute atomic E-state index is 5.49. The first-order valence-corrected chi connectivity index (χ1v) is 6.89. The van der Waals surface area contributed by atoms with Crippen molar-refractivity contribution in [2.45, 2.75) is 37.5 Å². The number of nitrogens with one attached hydrogen (secondary N) is 1. The van der Waals surface area contributed by atoms with Gasteiger partial charge in [-0.3, -0.25) is 0 Å². The fourth-order valence-electron chi connectivity index (χ4n) is 2.56. The summed E-state index contributed by atoms with van der Waals surface area (Å²) in [5.41, 5.74) is 0. The number of hydrogen-bond donors (Lipinski definition) is 1. The maximum atomic E-state index is 5.49. The van der Waals surface area contributed by atoms with Crippen LogP contribution in [0.1, 0.15) is 26.2 Å². The van der Waals surface area contributed by atoms with Crippen LogP contribution < -0.4 is 5.32 Å². The molecule has 0 saturated carbocycles. The summed E-state index contributed by atoms with van der Waals surface area (Å²) in [6, 6.07) is 0.704. The lowest BCUT2D eigenvalue weighted by Crippen LogP contribution is -2.43. The molecule has 0 bridgehead atoms. The zero-order chi connectivity index (χ0) is 9.80. The molecule has 0 aliphatic carbocycles. The molecule has 2 fully saturated rings. The molecular weight excluding hydrogens is 194 g/mol. The second-order valence-electron chi connectivity index (χ2n) is 4.26. The van der Waals surface area contributed by atoms with Crippen LogP contribution in [0.2, 0.25) is 0 Å². The van der Waals surface area contributed by atoms with E-state index >= 15 is 0 Å². The average Bonchev–Trinajstić information content (AvgIpc) is 2.87. The Morgan fingerprint density at radius 2 is 2.43 bits per heavy atom. The van der Waals surface area contributed by atoms with Gasteiger partial charge in [-0.25, -0.2) is 0 Å². The van der Waals surface area contributed by atoms with Crippen molar-refractivity contribution in [3.63, 3.8) is 0 Å². The van der Waals surface area contributed by atoms with Crippen molar-refractivity contribution in [2.75, 3.05) is 25.5 Å². The molecule has 3 heteroatoms. The standard InChI is InChI=1S/C11H21NOS/c1-2-12-11(9-5-6-13-8-9)10-4-3-7-14-10/h9-12H,2-8H2,1H3. The fourth-order valence-corrected chi connectivity index (χ4v) is 4.05. The van der Waals surface area contributed by atoms with Gasteiger partial charge in [0.2, 0.25) is 0 Å². The topological polar surface area (TPSA) is 21.3 Å². The Morgan fingerprint density at radius 3 is 3.00 bits per heavy atom. The molecular formula is C11H21NOS. The first kappa shape index (κ1) is 10.8. The summed E-state index contributed by atoms with van der Waals surface area (Å²) >= 11 is 2.16. The van der Waals surface area contributed by atoms with Gasteiger partial charge in [0, 0.05) is 23.8 Å². The van der Waals surface area contributed by atoms with E-state index in [1.165, 1.54) is 25.0 Å². The number of hydrogen-bond acceptors (Lipinski definition) is 3. The number of rotatable bonds is 4. The van der Waals surface area contributed by atoms with E-state index in [2.05, 4.69) is 24.0 Å². The molecule has 0 aromatic heterocycles. The lowest BCUT2D eigenvalue weighted by Gasteiger charge is -2.28. The van der Waals surface area contributed by atoms with E-state index in [-0.39, 0.29) is 0 Å². The molecule has 14 heavy (non-hydrogen) atoms. The molecule has 2 rings (SSSR count). The summed E-state index contributed by atoms with van der Waals surface area (Å²) in [5, 5.41) is 4.51. The number of thioether (sulfide) groups is 1. The van der Waals surface area contributed by atoms with E-state index in [1.54, 1.807) is 0 Å². The van der Waals surface area contributed by atoms with E-state index in [1.807, 2.05) is 0 Å². The predicted molar refractivity (Wildman–Crippen MR) is 61.9 cm³/mol. The molecule has 2 aliphatic heterocycles. The molecule has 82 valence electrons. The molecule has 3 unspecified atom stereocenters. The summed E-state index contributed by atoms with van der Waals surface area (Å²) in [4.78, 5) is 0. The van der Waals surface area contributed by atoms with Crippen LogP contribution in [0.4, 0.5) is 0 Å². The van der Waals surface area contributed by atoms with Crippen molar-refractivity contribution in [3.05, 3.63) is 0 Å². The zero-order valence-electron chi connectivity index (χ0n) is 9.00. The molecule has 2 saturated heterocycles. The van der Waals surface area contributed by atoms with Crippen LogP contribution in [-0.2, 0) is 4.74 Å². The Kier molecular flexibility index (Phi) is 4.14. The Bertz CT molecular complexity index is 149. The van der Waals surface area contributed by atoms with Crippen LogP contribution in [0.3, 0.4) is 0 Å². The second-order valence-corrected chi connectivity index (χ2v) is 5.61. The monoisotopic (exact) mass is 215 g/mol. The quantitative estimate of drug-likeness (QED) is 0.774. The molecule has 3 atom stereocenters. The van der Waals surface area contributed by atoms with E-state index in [4.69, 9.17) is 4.74 Å². The fraction of sp³-hybridized carbons (Fsp3) is 1.00. The van der Waals surface area contributed by atoms with Crippen molar-refractivity contribution in [2.24, 2.45) is 5.92 Å². The van der Waals surface area contributed by atoms with Gasteiger partial charge in [0.1, 0.15) is 0 Å². The van der Waals surface area contributed by atoms with Crippen molar-refractivity contribution < 1.29 is 4.74 Å². The highest BCUT2D eigenvalue weighted by Crippen LogP contribution is 2.33. The van der Waals surface area contributed by atoms with Gasteiger partial charge in [0.15, 0.2) is 0 Å². The van der Waals surface area contributed by atoms with Crippen molar-refractivity contribution in [1.82, 2.24) is 5.32 Å². The second kappa shape index (κ2) is 5.38. The lowest BCUT2D eigenvalue weighted by molar-refractivity contribution is 0.176. The van der Waals surface area contributed by atoms with Gasteiger partial charge >= 0.3 is 0 Å². The molecule has 2 heterocycles. The van der Waals surface area contributed by atoms with Crippen LogP contribution in [0, 0.1) is 5.92 Å². The summed E-state index contributed by atoms with van der Waals surface area (Å²) in [7, 11) is 0. The average molecular weight is 215 g/mol. The van der Waals surface area contributed by atoms with Crippen molar-refractivity contribution >= 4 is 11.8 Å². The third-order valence-corrected chi connectivity index (χ3v) is 4.76. The van der Waals surface area contributed by atoms with Gasteiger partial charge in [-0.2, -0.15) is 11.8 Å². The molecule has 0 radical (unpaired) electrons. The van der Waals surface area contributed by atoms with E-state index in [0.29, 0.717) is 6.04 Å². The Labute approximate surface area is 91.2 Å². The molecule has 1 N–H and O–H groups in total. The molecule has 0 aromatic carbocycles. The minimum Gasteiger partial charge on any atom is -0.381 e. The Hall–Kier alpha value is 0.270. The van der Waals surface area contributed by atoms with Gasteiger partial charge < -0.3 is 10.1 Å². The zero-order valence-corrected chi connectivity index (χ0v) is 9.81. The Balaban J connectivity index is 1.91. The minimum atomic E-state index is 0.704. The normalized spacial score (nSPS) is 34.9. The number of ether oxygens (including phenoxy) is 1. The summed E-state index contributed by atoms with van der Waals surface area (Å²) in [6.07, 6.45) is 4.07. The predicted octanol–water partition coefficient (Wildman–Crippen LogP) is 1.90. The molecule has 2 nitrogen and oxygen atoms in total. The van der Waals surface area contributed by atoms with Crippen molar-refractivity contribution in [3.8, 4) is 0 Å². The van der Waals surface area contributed by atoms with Gasteiger partial charge in [-0.05, 0) is 31.6 Å². The highest BCUT2D eigenvalue weighted by atomic mass is 32.2. The first-order valence-electron chi connectivity index (χ1n) is 5.84.